The van der Waals surface area contributed by atoms with Gasteiger partial charge < -0.3 is 4.90 Å². The van der Waals surface area contributed by atoms with Crippen molar-refractivity contribution in [3.63, 3.8) is 0 Å². The Morgan fingerprint density at radius 3 is 2.69 bits per heavy atom. The summed E-state index contributed by atoms with van der Waals surface area (Å²) in [6.45, 7) is 2.64. The molecule has 2 aromatic heterocycles. The Kier molecular flexibility index (Phi) is 3.78. The van der Waals surface area contributed by atoms with Crippen LogP contribution in [0.3, 0.4) is 0 Å². The minimum Gasteiger partial charge on any atom is -0.351 e. The lowest BCUT2D eigenvalue weighted by Gasteiger charge is -2.34. The average molecular weight is 362 g/mol. The van der Waals surface area contributed by atoms with Crippen molar-refractivity contribution in [1.29, 1.82) is 0 Å². The summed E-state index contributed by atoms with van der Waals surface area (Å²) in [5, 5.41) is 0.531. The second-order valence-electron chi connectivity index (χ2n) is 6.41. The lowest BCUT2D eigenvalue weighted by Crippen LogP contribution is -2.34. The largest absolute Gasteiger partial charge is 0.417 e. The van der Waals surface area contributed by atoms with Crippen molar-refractivity contribution < 1.29 is 17.6 Å². The van der Waals surface area contributed by atoms with E-state index >= 15 is 0 Å². The predicted molar refractivity (Wildman–Crippen MR) is 88.2 cm³/mol. The van der Waals surface area contributed by atoms with E-state index in [9.17, 15) is 17.6 Å². The van der Waals surface area contributed by atoms with Crippen molar-refractivity contribution in [3.05, 3.63) is 59.4 Å². The Hall–Kier alpha value is -2.77. The van der Waals surface area contributed by atoms with Crippen LogP contribution in [0.1, 0.15) is 29.7 Å². The third kappa shape index (κ3) is 2.85. The van der Waals surface area contributed by atoms with Crippen LogP contribution in [0.15, 0.2) is 36.8 Å². The van der Waals surface area contributed by atoms with Crippen LogP contribution in [-0.2, 0) is 12.7 Å². The molecule has 0 bridgehead atoms. The molecule has 4 nitrogen and oxygen atoms in total. The molecule has 3 heterocycles. The van der Waals surface area contributed by atoms with Crippen LogP contribution in [0.4, 0.5) is 23.4 Å². The number of hydrogen-bond donors (Lipinski definition) is 0. The normalized spacial score (nSPS) is 17.4. The van der Waals surface area contributed by atoms with Crippen LogP contribution in [0.25, 0.3) is 10.9 Å². The van der Waals surface area contributed by atoms with Gasteiger partial charge in [-0.3, -0.25) is 4.98 Å². The van der Waals surface area contributed by atoms with Gasteiger partial charge in [-0.1, -0.05) is 6.92 Å². The Balaban J connectivity index is 1.79. The summed E-state index contributed by atoms with van der Waals surface area (Å²) in [6, 6.07) is 5.34. The van der Waals surface area contributed by atoms with Crippen LogP contribution in [-0.4, -0.2) is 21.5 Å². The third-order valence-electron chi connectivity index (χ3n) is 4.53. The number of rotatable bonds is 1. The number of hydrogen-bond acceptors (Lipinski definition) is 4. The summed E-state index contributed by atoms with van der Waals surface area (Å²) >= 11 is 0. The van der Waals surface area contributed by atoms with E-state index in [1.807, 2.05) is 11.8 Å². The maximum atomic E-state index is 13.7. The quantitative estimate of drug-likeness (QED) is 0.605. The average Bonchev–Trinajstić information content (AvgIpc) is 2.60. The van der Waals surface area contributed by atoms with Crippen molar-refractivity contribution in [2.75, 3.05) is 11.4 Å². The smallest absolute Gasteiger partial charge is 0.351 e. The van der Waals surface area contributed by atoms with Crippen LogP contribution < -0.4 is 4.90 Å². The maximum absolute atomic E-state index is 13.7. The highest BCUT2D eigenvalue weighted by Crippen LogP contribution is 2.35. The highest BCUT2D eigenvalue weighted by atomic mass is 19.4. The molecule has 8 heteroatoms. The van der Waals surface area contributed by atoms with Gasteiger partial charge in [-0.05, 0) is 29.8 Å². The molecule has 0 amide bonds. The van der Waals surface area contributed by atoms with Gasteiger partial charge in [0.2, 0.25) is 0 Å². The topological polar surface area (TPSA) is 41.9 Å². The first-order chi connectivity index (χ1) is 12.3. The van der Waals surface area contributed by atoms with Crippen molar-refractivity contribution in [2.24, 2.45) is 0 Å². The summed E-state index contributed by atoms with van der Waals surface area (Å²) in [5.41, 5.74) is 0.960. The number of nitrogens with zero attached hydrogens (tertiary/aromatic N) is 4. The molecule has 0 fully saturated rings. The van der Waals surface area contributed by atoms with E-state index in [2.05, 4.69) is 15.0 Å². The Morgan fingerprint density at radius 1 is 1.12 bits per heavy atom. The molecule has 0 radical (unpaired) electrons. The summed E-state index contributed by atoms with van der Waals surface area (Å²) < 4.78 is 52.7. The van der Waals surface area contributed by atoms with E-state index in [1.54, 1.807) is 6.07 Å². The first-order valence-electron chi connectivity index (χ1n) is 8.04. The monoisotopic (exact) mass is 362 g/mol. The number of anilines is 1. The number of pyridine rings is 1. The lowest BCUT2D eigenvalue weighted by molar-refractivity contribution is -0.137. The van der Waals surface area contributed by atoms with Gasteiger partial charge in [0.15, 0.2) is 0 Å². The maximum Gasteiger partial charge on any atom is 0.417 e. The molecule has 1 atom stereocenters. The molecule has 0 N–H and O–H groups in total. The van der Waals surface area contributed by atoms with Crippen molar-refractivity contribution in [2.45, 2.75) is 25.6 Å². The van der Waals surface area contributed by atoms with Crippen LogP contribution in [0.5, 0.6) is 0 Å². The van der Waals surface area contributed by atoms with Crippen molar-refractivity contribution in [1.82, 2.24) is 15.0 Å². The zero-order valence-electron chi connectivity index (χ0n) is 13.8. The van der Waals surface area contributed by atoms with Gasteiger partial charge in [0.25, 0.3) is 0 Å². The van der Waals surface area contributed by atoms with Crippen LogP contribution in [0.2, 0.25) is 0 Å². The van der Waals surface area contributed by atoms with Crippen LogP contribution >= 0.6 is 0 Å². The minimum atomic E-state index is -4.45. The molecule has 0 saturated carbocycles. The molecule has 1 aliphatic rings. The fourth-order valence-corrected chi connectivity index (χ4v) is 3.36. The van der Waals surface area contributed by atoms with Crippen molar-refractivity contribution >= 4 is 16.7 Å². The van der Waals surface area contributed by atoms with E-state index in [1.165, 1.54) is 18.5 Å². The van der Waals surface area contributed by atoms with E-state index in [4.69, 9.17) is 0 Å². The first-order valence-corrected chi connectivity index (χ1v) is 8.04. The second kappa shape index (κ2) is 5.89. The van der Waals surface area contributed by atoms with Gasteiger partial charge in [-0.2, -0.15) is 13.2 Å². The second-order valence-corrected chi connectivity index (χ2v) is 6.41. The molecular formula is C18H14F4N4. The minimum absolute atomic E-state index is 0.0837. The molecule has 1 unspecified atom stereocenters. The number of alkyl halides is 3. The number of aromatic nitrogens is 3. The molecule has 1 aromatic carbocycles. The summed E-state index contributed by atoms with van der Waals surface area (Å²) in [6.07, 6.45) is -2.20. The molecule has 0 saturated heterocycles. The van der Waals surface area contributed by atoms with Gasteiger partial charge in [0, 0.05) is 36.3 Å². The highest BCUT2D eigenvalue weighted by molar-refractivity contribution is 5.89. The van der Waals surface area contributed by atoms with Gasteiger partial charge in [-0.25, -0.2) is 14.4 Å². The molecule has 0 aliphatic carbocycles. The predicted octanol–water partition coefficient (Wildman–Crippen LogP) is 4.31. The Morgan fingerprint density at radius 2 is 1.92 bits per heavy atom. The number of halogens is 4. The fraction of sp³-hybridized carbons (Fsp3) is 0.278. The molecule has 0 spiro atoms. The Labute approximate surface area is 146 Å². The molecule has 26 heavy (non-hydrogen) atoms. The summed E-state index contributed by atoms with van der Waals surface area (Å²) in [5.74, 6) is 0.00375. The molecule has 134 valence electrons. The zero-order valence-corrected chi connectivity index (χ0v) is 13.8. The fourth-order valence-electron chi connectivity index (χ4n) is 3.36. The Bertz CT molecular complexity index is 987. The number of fused-ring (bicyclic) bond motifs is 2. The van der Waals surface area contributed by atoms with Crippen molar-refractivity contribution in [3.8, 4) is 0 Å². The van der Waals surface area contributed by atoms with Gasteiger partial charge >= 0.3 is 6.18 Å². The van der Waals surface area contributed by atoms with Crippen LogP contribution in [0, 0.1) is 5.82 Å². The van der Waals surface area contributed by atoms with Gasteiger partial charge in [-0.15, -0.1) is 0 Å². The zero-order chi connectivity index (χ0) is 18.5. The molecule has 1 aliphatic heterocycles. The molecular weight excluding hydrogens is 348 g/mol. The van der Waals surface area contributed by atoms with E-state index in [0.29, 0.717) is 34.5 Å². The van der Waals surface area contributed by atoms with E-state index in [-0.39, 0.29) is 12.5 Å². The van der Waals surface area contributed by atoms with E-state index in [0.717, 1.165) is 12.3 Å². The summed E-state index contributed by atoms with van der Waals surface area (Å²) in [4.78, 5) is 14.3. The molecule has 3 aromatic rings. The highest BCUT2D eigenvalue weighted by Gasteiger charge is 2.34. The van der Waals surface area contributed by atoms with Gasteiger partial charge in [0.1, 0.15) is 18.0 Å². The first kappa shape index (κ1) is 16.7. The molecule has 4 rings (SSSR count). The van der Waals surface area contributed by atoms with Gasteiger partial charge in [0.05, 0.1) is 11.1 Å². The summed E-state index contributed by atoms with van der Waals surface area (Å²) in [7, 11) is 0. The lowest BCUT2D eigenvalue weighted by atomic mass is 9.95. The number of benzene rings is 1. The SMILES string of the molecule is CC1CN(c2ncnc3ccc(F)cc23)Cc2cc(C(F)(F)F)cnc21. The third-order valence-corrected chi connectivity index (χ3v) is 4.53. The standard InChI is InChI=1S/C18H14F4N4/c1-10-7-26(8-11-4-12(18(20,21)22)6-23-16(10)11)17-14-5-13(19)2-3-15(14)24-9-25-17/h2-6,9-10H,7-8H2,1H3. The van der Waals surface area contributed by atoms with E-state index < -0.39 is 17.6 Å².